The minimum Gasteiger partial charge on any atom is -0.486 e. The SMILES string of the molecule is CCCn1nnnc1COc1ccc(-c2noc(C)n2)cc1. The Hall–Kier alpha value is -2.77. The molecule has 2 aromatic heterocycles. The van der Waals surface area contributed by atoms with E-state index in [0.29, 0.717) is 24.1 Å². The third-order valence-corrected chi connectivity index (χ3v) is 3.05. The minimum absolute atomic E-state index is 0.327. The molecule has 3 rings (SSSR count). The first-order chi connectivity index (χ1) is 10.8. The van der Waals surface area contributed by atoms with Crippen molar-refractivity contribution in [2.75, 3.05) is 0 Å². The van der Waals surface area contributed by atoms with E-state index in [1.807, 2.05) is 24.3 Å². The average Bonchev–Trinajstić information content (AvgIpc) is 3.15. The first kappa shape index (κ1) is 14.2. The van der Waals surface area contributed by atoms with E-state index in [9.17, 15) is 0 Å². The highest BCUT2D eigenvalue weighted by Crippen LogP contribution is 2.20. The standard InChI is InChI=1S/C14H16N6O2/c1-3-8-20-13(16-18-19-20)9-21-12-6-4-11(5-7-12)14-15-10(2)22-17-14/h4-7H,3,8-9H2,1-2H3. The number of hydrogen-bond donors (Lipinski definition) is 0. The highest BCUT2D eigenvalue weighted by Gasteiger charge is 2.08. The zero-order valence-corrected chi connectivity index (χ0v) is 12.4. The molecule has 0 aliphatic rings. The fraction of sp³-hybridized carbons (Fsp3) is 0.357. The molecule has 0 atom stereocenters. The maximum absolute atomic E-state index is 5.71. The molecule has 0 fully saturated rings. The van der Waals surface area contributed by atoms with Gasteiger partial charge in [0.05, 0.1) is 0 Å². The summed E-state index contributed by atoms with van der Waals surface area (Å²) in [6.07, 6.45) is 0.969. The van der Waals surface area contributed by atoms with Crippen LogP contribution in [0.2, 0.25) is 0 Å². The van der Waals surface area contributed by atoms with E-state index in [4.69, 9.17) is 9.26 Å². The van der Waals surface area contributed by atoms with Gasteiger partial charge in [-0.2, -0.15) is 4.98 Å². The van der Waals surface area contributed by atoms with Gasteiger partial charge in [-0.3, -0.25) is 0 Å². The quantitative estimate of drug-likeness (QED) is 0.687. The van der Waals surface area contributed by atoms with E-state index in [-0.39, 0.29) is 0 Å². The van der Waals surface area contributed by atoms with Crippen LogP contribution < -0.4 is 4.74 Å². The topological polar surface area (TPSA) is 91.8 Å². The first-order valence-electron chi connectivity index (χ1n) is 7.05. The molecule has 1 aromatic carbocycles. The van der Waals surface area contributed by atoms with Gasteiger partial charge in [-0.05, 0) is 41.1 Å². The summed E-state index contributed by atoms with van der Waals surface area (Å²) in [5, 5.41) is 15.4. The van der Waals surface area contributed by atoms with Crippen molar-refractivity contribution in [3.63, 3.8) is 0 Å². The van der Waals surface area contributed by atoms with E-state index in [1.165, 1.54) is 0 Å². The number of nitrogens with zero attached hydrogens (tertiary/aromatic N) is 6. The molecule has 0 amide bonds. The largest absolute Gasteiger partial charge is 0.486 e. The molecular formula is C14H16N6O2. The summed E-state index contributed by atoms with van der Waals surface area (Å²) in [5.74, 6) is 2.55. The zero-order valence-electron chi connectivity index (χ0n) is 12.4. The van der Waals surface area contributed by atoms with Gasteiger partial charge in [0.1, 0.15) is 12.4 Å². The Bertz CT molecular complexity index is 734. The van der Waals surface area contributed by atoms with E-state index in [0.717, 1.165) is 24.3 Å². The predicted molar refractivity (Wildman–Crippen MR) is 76.9 cm³/mol. The summed E-state index contributed by atoms with van der Waals surface area (Å²) < 4.78 is 12.4. The van der Waals surface area contributed by atoms with Gasteiger partial charge >= 0.3 is 0 Å². The monoisotopic (exact) mass is 300 g/mol. The van der Waals surface area contributed by atoms with Gasteiger partial charge in [0, 0.05) is 19.0 Å². The summed E-state index contributed by atoms with van der Waals surface area (Å²) in [6.45, 7) is 4.94. The Labute approximate surface area is 127 Å². The molecule has 0 aliphatic carbocycles. The molecule has 0 N–H and O–H groups in total. The van der Waals surface area contributed by atoms with Crippen LogP contribution in [0.3, 0.4) is 0 Å². The maximum Gasteiger partial charge on any atom is 0.223 e. The Morgan fingerprint density at radius 3 is 2.73 bits per heavy atom. The van der Waals surface area contributed by atoms with Gasteiger partial charge in [0.2, 0.25) is 11.7 Å². The Morgan fingerprint density at radius 2 is 2.05 bits per heavy atom. The lowest BCUT2D eigenvalue weighted by Gasteiger charge is -2.06. The van der Waals surface area contributed by atoms with Crippen molar-refractivity contribution in [3.05, 3.63) is 36.0 Å². The molecule has 22 heavy (non-hydrogen) atoms. The van der Waals surface area contributed by atoms with Crippen molar-refractivity contribution in [1.29, 1.82) is 0 Å². The normalized spacial score (nSPS) is 10.8. The van der Waals surface area contributed by atoms with Crippen LogP contribution >= 0.6 is 0 Å². The van der Waals surface area contributed by atoms with E-state index >= 15 is 0 Å². The van der Waals surface area contributed by atoms with Crippen molar-refractivity contribution in [3.8, 4) is 17.1 Å². The maximum atomic E-state index is 5.71. The van der Waals surface area contributed by atoms with Crippen LogP contribution in [0.1, 0.15) is 25.1 Å². The highest BCUT2D eigenvalue weighted by molar-refractivity contribution is 5.55. The van der Waals surface area contributed by atoms with Crippen LogP contribution in [-0.4, -0.2) is 30.3 Å². The second kappa shape index (κ2) is 6.33. The highest BCUT2D eigenvalue weighted by atomic mass is 16.5. The van der Waals surface area contributed by atoms with Crippen LogP contribution in [0.25, 0.3) is 11.4 Å². The lowest BCUT2D eigenvalue weighted by atomic mass is 10.2. The number of ether oxygens (including phenoxy) is 1. The van der Waals surface area contributed by atoms with Crippen molar-refractivity contribution in [2.45, 2.75) is 33.4 Å². The van der Waals surface area contributed by atoms with Crippen molar-refractivity contribution in [2.24, 2.45) is 0 Å². The molecule has 0 spiro atoms. The molecule has 0 saturated heterocycles. The number of hydrogen-bond acceptors (Lipinski definition) is 7. The molecule has 3 aromatic rings. The van der Waals surface area contributed by atoms with Crippen LogP contribution in [0.5, 0.6) is 5.75 Å². The van der Waals surface area contributed by atoms with Crippen molar-refractivity contribution < 1.29 is 9.26 Å². The molecule has 8 heteroatoms. The van der Waals surface area contributed by atoms with Crippen LogP contribution in [0, 0.1) is 6.92 Å². The number of tetrazole rings is 1. The van der Waals surface area contributed by atoms with Gasteiger partial charge in [-0.1, -0.05) is 12.1 Å². The Balaban J connectivity index is 1.65. The van der Waals surface area contributed by atoms with Crippen LogP contribution in [0.4, 0.5) is 0 Å². The summed E-state index contributed by atoms with van der Waals surface area (Å²) in [7, 11) is 0. The third-order valence-electron chi connectivity index (χ3n) is 3.05. The minimum atomic E-state index is 0.327. The second-order valence-electron chi connectivity index (χ2n) is 4.77. The molecule has 114 valence electrons. The summed E-state index contributed by atoms with van der Waals surface area (Å²) in [4.78, 5) is 4.18. The van der Waals surface area contributed by atoms with Gasteiger partial charge in [-0.25, -0.2) is 4.68 Å². The number of benzene rings is 1. The summed E-state index contributed by atoms with van der Waals surface area (Å²) in [6, 6.07) is 7.48. The van der Waals surface area contributed by atoms with Gasteiger partial charge in [0.25, 0.3) is 0 Å². The molecule has 0 unspecified atom stereocenters. The Morgan fingerprint density at radius 1 is 1.23 bits per heavy atom. The fourth-order valence-corrected chi connectivity index (χ4v) is 1.98. The van der Waals surface area contributed by atoms with Crippen molar-refractivity contribution >= 4 is 0 Å². The van der Waals surface area contributed by atoms with Gasteiger partial charge in [-0.15, -0.1) is 5.10 Å². The zero-order chi connectivity index (χ0) is 15.4. The second-order valence-corrected chi connectivity index (χ2v) is 4.77. The van der Waals surface area contributed by atoms with Crippen LogP contribution in [0.15, 0.2) is 28.8 Å². The predicted octanol–water partition coefficient (Wildman–Crippen LogP) is 2.02. The fourth-order valence-electron chi connectivity index (χ4n) is 1.98. The molecular weight excluding hydrogens is 284 g/mol. The lowest BCUT2D eigenvalue weighted by Crippen LogP contribution is -2.08. The third kappa shape index (κ3) is 3.11. The molecule has 0 saturated carbocycles. The Kier molecular flexibility index (Phi) is 4.08. The molecule has 8 nitrogen and oxygen atoms in total. The molecule has 2 heterocycles. The number of rotatable bonds is 6. The van der Waals surface area contributed by atoms with E-state index < -0.39 is 0 Å². The smallest absolute Gasteiger partial charge is 0.223 e. The van der Waals surface area contributed by atoms with E-state index in [1.54, 1.807) is 11.6 Å². The van der Waals surface area contributed by atoms with Gasteiger partial charge < -0.3 is 9.26 Å². The van der Waals surface area contributed by atoms with E-state index in [2.05, 4.69) is 32.6 Å². The van der Waals surface area contributed by atoms with Crippen molar-refractivity contribution in [1.82, 2.24) is 30.3 Å². The number of aromatic nitrogens is 6. The summed E-state index contributed by atoms with van der Waals surface area (Å²) in [5.41, 5.74) is 0.875. The van der Waals surface area contributed by atoms with Gasteiger partial charge in [0.15, 0.2) is 5.82 Å². The first-order valence-corrected chi connectivity index (χ1v) is 7.05. The molecule has 0 aliphatic heterocycles. The van der Waals surface area contributed by atoms with Crippen LogP contribution in [-0.2, 0) is 13.2 Å². The number of aryl methyl sites for hydroxylation is 2. The summed E-state index contributed by atoms with van der Waals surface area (Å²) >= 11 is 0. The molecule has 0 bridgehead atoms. The lowest BCUT2D eigenvalue weighted by molar-refractivity contribution is 0.286. The average molecular weight is 300 g/mol. The molecule has 0 radical (unpaired) electrons.